The van der Waals surface area contributed by atoms with E-state index in [-0.39, 0.29) is 18.0 Å². The van der Waals surface area contributed by atoms with E-state index in [0.717, 1.165) is 4.40 Å². The molecule has 9 heteroatoms. The van der Waals surface area contributed by atoms with Crippen LogP contribution >= 0.6 is 0 Å². The molecule has 2 heterocycles. The fourth-order valence-corrected chi connectivity index (χ4v) is 2.23. The summed E-state index contributed by atoms with van der Waals surface area (Å²) in [5, 5.41) is 6.95. The molecule has 5 nitrogen and oxygen atoms in total. The molecule has 0 aliphatic rings. The minimum atomic E-state index is -4.45. The summed E-state index contributed by atoms with van der Waals surface area (Å²) < 4.78 is 52.8. The zero-order valence-corrected chi connectivity index (χ0v) is 11.6. The molecule has 0 radical (unpaired) electrons. The van der Waals surface area contributed by atoms with E-state index in [1.807, 2.05) is 0 Å². The zero-order chi connectivity index (χ0) is 16.6. The molecule has 0 bridgehead atoms. The Balaban J connectivity index is 1.98. The van der Waals surface area contributed by atoms with Crippen LogP contribution < -0.4 is 5.56 Å². The number of alkyl halides is 3. The van der Waals surface area contributed by atoms with E-state index >= 15 is 0 Å². The number of nitrogens with zero attached hydrogens (tertiary/aromatic N) is 4. The van der Waals surface area contributed by atoms with Crippen LogP contribution in [0.4, 0.5) is 17.6 Å². The van der Waals surface area contributed by atoms with Gasteiger partial charge in [-0.05, 0) is 17.7 Å². The molecule has 0 fully saturated rings. The van der Waals surface area contributed by atoms with Crippen molar-refractivity contribution in [2.75, 3.05) is 0 Å². The van der Waals surface area contributed by atoms with Crippen molar-refractivity contribution in [1.82, 2.24) is 19.2 Å². The Kier molecular flexibility index (Phi) is 3.63. The first-order valence-corrected chi connectivity index (χ1v) is 6.58. The van der Waals surface area contributed by atoms with Gasteiger partial charge >= 0.3 is 6.18 Å². The van der Waals surface area contributed by atoms with Crippen LogP contribution in [0.15, 0.2) is 41.5 Å². The summed E-state index contributed by atoms with van der Waals surface area (Å²) in [7, 11) is 0. The molecule has 3 aromatic rings. The Labute approximate surface area is 126 Å². The summed E-state index contributed by atoms with van der Waals surface area (Å²) in [5.74, 6) is -0.797. The Morgan fingerprint density at radius 2 is 1.91 bits per heavy atom. The number of fused-ring (bicyclic) bond motifs is 1. The van der Waals surface area contributed by atoms with Crippen LogP contribution in [0.5, 0.6) is 0 Å². The summed E-state index contributed by atoms with van der Waals surface area (Å²) in [5.41, 5.74) is -0.257. The third-order valence-corrected chi connectivity index (χ3v) is 3.21. The average Bonchev–Trinajstić information content (AvgIpc) is 2.84. The predicted octanol–water partition coefficient (Wildman–Crippen LogP) is 2.18. The van der Waals surface area contributed by atoms with Crippen molar-refractivity contribution in [2.45, 2.75) is 19.1 Å². The molecule has 0 N–H and O–H groups in total. The van der Waals surface area contributed by atoms with Crippen LogP contribution in [-0.4, -0.2) is 25.3 Å². The summed E-state index contributed by atoms with van der Waals surface area (Å²) in [4.78, 5) is 12.3. The third-order valence-electron chi connectivity index (χ3n) is 3.21. The summed E-state index contributed by atoms with van der Waals surface area (Å²) in [6.07, 6.45) is -3.11. The second kappa shape index (κ2) is 5.49. The lowest BCUT2D eigenvalue weighted by Crippen LogP contribution is -2.23. The molecule has 0 saturated heterocycles. The maximum Gasteiger partial charge on any atom is 0.396 e. The molecule has 3 rings (SSSR count). The van der Waals surface area contributed by atoms with Gasteiger partial charge in [0.25, 0.3) is 5.56 Å². The maximum absolute atomic E-state index is 13.2. The van der Waals surface area contributed by atoms with Gasteiger partial charge in [-0.3, -0.25) is 9.20 Å². The second-order valence-electron chi connectivity index (χ2n) is 4.96. The molecule has 0 aliphatic carbocycles. The average molecular weight is 326 g/mol. The van der Waals surface area contributed by atoms with Crippen LogP contribution in [0, 0.1) is 5.82 Å². The normalized spacial score (nSPS) is 12.0. The molecular formula is C14H10F4N4O. The highest BCUT2D eigenvalue weighted by Crippen LogP contribution is 2.20. The van der Waals surface area contributed by atoms with Gasteiger partial charge in [-0.15, -0.1) is 10.2 Å². The summed E-state index contributed by atoms with van der Waals surface area (Å²) in [6.45, 7) is 0.0779. The van der Waals surface area contributed by atoms with Crippen LogP contribution in [0.1, 0.15) is 11.4 Å². The first-order chi connectivity index (χ1) is 10.8. The summed E-state index contributed by atoms with van der Waals surface area (Å²) in [6, 6.07) is 5.69. The maximum atomic E-state index is 13.2. The number of halogens is 4. The van der Waals surface area contributed by atoms with Gasteiger partial charge in [-0.1, -0.05) is 12.1 Å². The van der Waals surface area contributed by atoms with E-state index in [1.165, 1.54) is 35.2 Å². The highest BCUT2D eigenvalue weighted by atomic mass is 19.4. The fourth-order valence-electron chi connectivity index (χ4n) is 2.23. The molecule has 23 heavy (non-hydrogen) atoms. The molecular weight excluding hydrogens is 316 g/mol. The van der Waals surface area contributed by atoms with Crippen LogP contribution in [0.2, 0.25) is 0 Å². The lowest BCUT2D eigenvalue weighted by Gasteiger charge is -2.07. The Hall–Kier alpha value is -2.71. The van der Waals surface area contributed by atoms with E-state index in [0.29, 0.717) is 5.56 Å². The van der Waals surface area contributed by atoms with Crippen molar-refractivity contribution < 1.29 is 17.6 Å². The molecule has 0 saturated carbocycles. The van der Waals surface area contributed by atoms with Crippen LogP contribution in [-0.2, 0) is 13.0 Å². The standard InChI is InChI=1S/C14H10F4N4O/c15-10-3-1-2-9(6-10)8-21-4-5-22-11(7-14(16,17)18)19-20-12(22)13(21)23/h1-6H,7-8H2. The molecule has 0 atom stereocenters. The van der Waals surface area contributed by atoms with Crippen molar-refractivity contribution in [3.05, 3.63) is 64.2 Å². The van der Waals surface area contributed by atoms with Gasteiger partial charge in [0.2, 0.25) is 5.65 Å². The number of aromatic nitrogens is 4. The van der Waals surface area contributed by atoms with Gasteiger partial charge in [0.15, 0.2) is 0 Å². The molecule has 0 spiro atoms. The van der Waals surface area contributed by atoms with Gasteiger partial charge in [0.05, 0.1) is 6.54 Å². The lowest BCUT2D eigenvalue weighted by atomic mass is 10.2. The van der Waals surface area contributed by atoms with E-state index in [1.54, 1.807) is 6.07 Å². The first-order valence-electron chi connectivity index (χ1n) is 6.58. The number of benzene rings is 1. The van der Waals surface area contributed by atoms with Crippen molar-refractivity contribution >= 4 is 5.65 Å². The van der Waals surface area contributed by atoms with E-state index < -0.39 is 24.0 Å². The number of hydrogen-bond donors (Lipinski definition) is 0. The topological polar surface area (TPSA) is 52.2 Å². The predicted molar refractivity (Wildman–Crippen MR) is 72.5 cm³/mol. The van der Waals surface area contributed by atoms with Crippen molar-refractivity contribution in [3.63, 3.8) is 0 Å². The van der Waals surface area contributed by atoms with Crippen molar-refractivity contribution in [2.24, 2.45) is 0 Å². The molecule has 0 amide bonds. The minimum Gasteiger partial charge on any atom is -0.306 e. The Morgan fingerprint density at radius 1 is 1.13 bits per heavy atom. The van der Waals surface area contributed by atoms with E-state index in [9.17, 15) is 22.4 Å². The quantitative estimate of drug-likeness (QED) is 0.693. The monoisotopic (exact) mass is 326 g/mol. The molecule has 120 valence electrons. The smallest absolute Gasteiger partial charge is 0.306 e. The minimum absolute atomic E-state index is 0.0779. The van der Waals surface area contributed by atoms with Crippen molar-refractivity contribution in [3.8, 4) is 0 Å². The van der Waals surface area contributed by atoms with Gasteiger partial charge in [0, 0.05) is 12.4 Å². The van der Waals surface area contributed by atoms with Crippen LogP contribution in [0.25, 0.3) is 5.65 Å². The lowest BCUT2D eigenvalue weighted by molar-refractivity contribution is -0.128. The van der Waals surface area contributed by atoms with Crippen LogP contribution in [0.3, 0.4) is 0 Å². The Morgan fingerprint density at radius 3 is 2.61 bits per heavy atom. The molecule has 2 aromatic heterocycles. The second-order valence-corrected chi connectivity index (χ2v) is 4.96. The highest BCUT2D eigenvalue weighted by molar-refractivity contribution is 5.35. The van der Waals surface area contributed by atoms with E-state index in [4.69, 9.17) is 0 Å². The largest absolute Gasteiger partial charge is 0.396 e. The number of hydrogen-bond acceptors (Lipinski definition) is 3. The zero-order valence-electron chi connectivity index (χ0n) is 11.6. The van der Waals surface area contributed by atoms with Crippen molar-refractivity contribution in [1.29, 1.82) is 0 Å². The van der Waals surface area contributed by atoms with E-state index in [2.05, 4.69) is 10.2 Å². The highest BCUT2D eigenvalue weighted by Gasteiger charge is 2.30. The van der Waals surface area contributed by atoms with Gasteiger partial charge in [-0.2, -0.15) is 13.2 Å². The van der Waals surface area contributed by atoms with Gasteiger partial charge < -0.3 is 4.57 Å². The number of rotatable bonds is 3. The molecule has 1 aromatic carbocycles. The molecule has 0 unspecified atom stereocenters. The molecule has 0 aliphatic heterocycles. The van der Waals surface area contributed by atoms with Gasteiger partial charge in [-0.25, -0.2) is 4.39 Å². The summed E-state index contributed by atoms with van der Waals surface area (Å²) >= 11 is 0. The SMILES string of the molecule is O=c1c2nnc(CC(F)(F)F)n2ccn1Cc1cccc(F)c1. The third kappa shape index (κ3) is 3.22. The first kappa shape index (κ1) is 15.2. The fraction of sp³-hybridized carbons (Fsp3) is 0.214. The Bertz CT molecular complexity index is 913. The van der Waals surface area contributed by atoms with Gasteiger partial charge in [0.1, 0.15) is 18.1 Å².